The molecule has 9 rings (SSSR count). The van der Waals surface area contributed by atoms with Gasteiger partial charge in [-0.15, -0.1) is 12.4 Å². The van der Waals surface area contributed by atoms with Gasteiger partial charge in [-0.05, 0) is 97.5 Å². The van der Waals surface area contributed by atoms with Crippen molar-refractivity contribution < 1.29 is 19.4 Å². The van der Waals surface area contributed by atoms with Gasteiger partial charge in [0.05, 0.1) is 18.8 Å². The summed E-state index contributed by atoms with van der Waals surface area (Å²) in [6.45, 7) is 5.28. The van der Waals surface area contributed by atoms with Crippen LogP contribution in [-0.2, 0) is 37.7 Å². The summed E-state index contributed by atoms with van der Waals surface area (Å²) in [6, 6.07) is 33.4. The lowest BCUT2D eigenvalue weighted by Crippen LogP contribution is -2.52. The fourth-order valence-electron chi connectivity index (χ4n) is 8.72. The Balaban J connectivity index is 0.00000427. The summed E-state index contributed by atoms with van der Waals surface area (Å²) in [4.78, 5) is 36.3. The van der Waals surface area contributed by atoms with Gasteiger partial charge in [0.25, 0.3) is 11.8 Å². The highest BCUT2D eigenvalue weighted by atomic mass is 35.5. The molecule has 282 valence electrons. The number of carbonyl (C=O) groups excluding carboxylic acids is 2. The Kier molecular flexibility index (Phi) is 10.3. The molecule has 4 aromatic carbocycles. The van der Waals surface area contributed by atoms with Crippen molar-refractivity contribution in [2.45, 2.75) is 44.8 Å². The molecule has 1 N–H and O–H groups in total. The fourth-order valence-corrected chi connectivity index (χ4v) is 8.72. The molecule has 5 heterocycles. The molecule has 0 aliphatic carbocycles. The number of halogens is 1. The van der Waals surface area contributed by atoms with Crippen molar-refractivity contribution >= 4 is 46.5 Å². The monoisotopic (exact) mass is 755 g/mol. The van der Waals surface area contributed by atoms with Crippen LogP contribution in [0.2, 0.25) is 0 Å². The van der Waals surface area contributed by atoms with E-state index in [0.717, 1.165) is 85.4 Å². The van der Waals surface area contributed by atoms with Crippen LogP contribution in [0.3, 0.4) is 0 Å². The van der Waals surface area contributed by atoms with Gasteiger partial charge in [0.2, 0.25) is 0 Å². The standard InChI is InChI=1S/C45H45N5O4.ClH/c1-46-21-19-32-27-35(15-18-41(32)46)50(34-13-16-37(51)17-14-34)45(53)40-28-43(48-20-7-6-12-42(40)48)38-10-4-5-11-39(38)44(52)49-29-33-9-3-2-8-31(33)26-36(49)30-47-22-24-54-25-23-47;/h2-5,8-11,13-19,21,27-28,36,51H,6-7,12,20,22-26,29-30H2,1H3;1H/t36-;/m0./s1. The number of aromatic nitrogens is 2. The van der Waals surface area contributed by atoms with E-state index in [1.165, 1.54) is 11.1 Å². The average Bonchev–Trinajstić information content (AvgIpc) is 3.79. The first kappa shape index (κ1) is 36.6. The second-order valence-electron chi connectivity index (χ2n) is 14.8. The topological polar surface area (TPSA) is 83.2 Å². The van der Waals surface area contributed by atoms with Gasteiger partial charge < -0.3 is 23.9 Å². The number of morpholine rings is 1. The highest BCUT2D eigenvalue weighted by molar-refractivity contribution is 6.13. The molecule has 55 heavy (non-hydrogen) atoms. The van der Waals surface area contributed by atoms with Gasteiger partial charge in [-0.25, -0.2) is 0 Å². The second kappa shape index (κ2) is 15.4. The van der Waals surface area contributed by atoms with Crippen LogP contribution in [0.15, 0.2) is 109 Å². The van der Waals surface area contributed by atoms with E-state index in [0.29, 0.717) is 36.6 Å². The molecule has 0 radical (unpaired) electrons. The van der Waals surface area contributed by atoms with E-state index in [-0.39, 0.29) is 36.0 Å². The van der Waals surface area contributed by atoms with Crippen LogP contribution >= 0.6 is 12.4 Å². The first-order valence-corrected chi connectivity index (χ1v) is 19.1. The van der Waals surface area contributed by atoms with Gasteiger partial charge in [0, 0.05) is 96.8 Å². The van der Waals surface area contributed by atoms with E-state index in [1.54, 1.807) is 29.2 Å². The number of aryl methyl sites for hydroxylation is 1. The number of rotatable bonds is 7. The molecule has 0 spiro atoms. The van der Waals surface area contributed by atoms with Gasteiger partial charge in [-0.1, -0.05) is 42.5 Å². The number of aromatic hydroxyl groups is 1. The predicted octanol–water partition coefficient (Wildman–Crippen LogP) is 7.99. The third kappa shape index (κ3) is 6.92. The molecule has 1 fully saturated rings. The molecule has 6 aromatic rings. The Bertz CT molecular complexity index is 2360. The number of hydrogen-bond acceptors (Lipinski definition) is 5. The van der Waals surface area contributed by atoms with Gasteiger partial charge in [-0.2, -0.15) is 0 Å². The van der Waals surface area contributed by atoms with Gasteiger partial charge in [-0.3, -0.25) is 19.4 Å². The summed E-state index contributed by atoms with van der Waals surface area (Å²) >= 11 is 0. The van der Waals surface area contributed by atoms with Gasteiger partial charge in [0.1, 0.15) is 5.75 Å². The minimum Gasteiger partial charge on any atom is -0.508 e. The van der Waals surface area contributed by atoms with Crippen molar-refractivity contribution in [1.29, 1.82) is 0 Å². The molecule has 3 aliphatic rings. The molecule has 3 aliphatic heterocycles. The number of hydrogen-bond donors (Lipinski definition) is 1. The Hall–Kier alpha value is -5.35. The molecular formula is C45H46ClN5O4. The number of carbonyl (C=O) groups is 2. The van der Waals surface area contributed by atoms with Crippen LogP contribution in [0.25, 0.3) is 22.2 Å². The quantitative estimate of drug-likeness (QED) is 0.179. The fraction of sp³-hybridized carbons (Fsp3) is 0.289. The lowest BCUT2D eigenvalue weighted by Gasteiger charge is -2.40. The van der Waals surface area contributed by atoms with Crippen molar-refractivity contribution in [2.24, 2.45) is 7.05 Å². The molecule has 0 unspecified atom stereocenters. The first-order valence-electron chi connectivity index (χ1n) is 19.1. The molecule has 2 aromatic heterocycles. The zero-order chi connectivity index (χ0) is 36.8. The first-order chi connectivity index (χ1) is 26.4. The Morgan fingerprint density at radius 2 is 1.56 bits per heavy atom. The molecule has 9 nitrogen and oxygen atoms in total. The summed E-state index contributed by atoms with van der Waals surface area (Å²) in [7, 11) is 2.01. The van der Waals surface area contributed by atoms with Crippen molar-refractivity contribution in [3.05, 3.63) is 137 Å². The highest BCUT2D eigenvalue weighted by Crippen LogP contribution is 2.38. The minimum absolute atomic E-state index is 0. The lowest BCUT2D eigenvalue weighted by atomic mass is 9.92. The summed E-state index contributed by atoms with van der Waals surface area (Å²) < 4.78 is 9.98. The van der Waals surface area contributed by atoms with Crippen LogP contribution in [0.1, 0.15) is 50.4 Å². The Morgan fingerprint density at radius 1 is 0.818 bits per heavy atom. The van der Waals surface area contributed by atoms with Gasteiger partial charge in [0.15, 0.2) is 0 Å². The smallest absolute Gasteiger partial charge is 0.264 e. The lowest BCUT2D eigenvalue weighted by molar-refractivity contribution is 0.0193. The molecular weight excluding hydrogens is 710 g/mol. The SMILES string of the molecule is Cl.Cn1ccc2cc(N(C(=O)c3cc(-c4ccccc4C(=O)N4Cc5ccccc5C[C@H]4CN4CCOCC4)n4c3CCCC4)c3ccc(O)cc3)ccc21. The van der Waals surface area contributed by atoms with E-state index >= 15 is 4.79 Å². The van der Waals surface area contributed by atoms with Crippen LogP contribution in [-0.4, -0.2) is 74.7 Å². The summed E-state index contributed by atoms with van der Waals surface area (Å²) in [5.74, 6) is 0.00761. The molecule has 1 saturated heterocycles. The van der Waals surface area contributed by atoms with E-state index in [1.807, 2.05) is 61.8 Å². The summed E-state index contributed by atoms with van der Waals surface area (Å²) in [6.07, 6.45) is 5.57. The summed E-state index contributed by atoms with van der Waals surface area (Å²) in [5, 5.41) is 11.2. The molecule has 0 saturated carbocycles. The van der Waals surface area contributed by atoms with Crippen LogP contribution < -0.4 is 4.90 Å². The molecule has 0 bridgehead atoms. The van der Waals surface area contributed by atoms with E-state index in [2.05, 4.69) is 49.3 Å². The molecule has 1 atom stereocenters. The molecule has 10 heteroatoms. The van der Waals surface area contributed by atoms with E-state index in [9.17, 15) is 9.90 Å². The summed E-state index contributed by atoms with van der Waals surface area (Å²) in [5.41, 5.74) is 8.99. The number of anilines is 2. The third-order valence-electron chi connectivity index (χ3n) is 11.5. The number of ether oxygens (including phenoxy) is 1. The Labute approximate surface area is 327 Å². The number of fused-ring (bicyclic) bond motifs is 3. The van der Waals surface area contributed by atoms with Crippen LogP contribution in [0.5, 0.6) is 5.75 Å². The van der Waals surface area contributed by atoms with Crippen molar-refractivity contribution in [3.63, 3.8) is 0 Å². The maximum Gasteiger partial charge on any atom is 0.264 e. The number of amides is 2. The predicted molar refractivity (Wildman–Crippen MR) is 219 cm³/mol. The number of benzene rings is 4. The van der Waals surface area contributed by atoms with Crippen molar-refractivity contribution in [2.75, 3.05) is 37.7 Å². The van der Waals surface area contributed by atoms with Gasteiger partial charge >= 0.3 is 0 Å². The second-order valence-corrected chi connectivity index (χ2v) is 14.8. The third-order valence-corrected chi connectivity index (χ3v) is 11.5. The minimum atomic E-state index is -0.144. The van der Waals surface area contributed by atoms with E-state index < -0.39 is 0 Å². The normalized spacial score (nSPS) is 17.0. The largest absolute Gasteiger partial charge is 0.508 e. The number of nitrogens with zero attached hydrogens (tertiary/aromatic N) is 5. The van der Waals surface area contributed by atoms with Crippen molar-refractivity contribution in [1.82, 2.24) is 18.9 Å². The zero-order valence-electron chi connectivity index (χ0n) is 31.1. The number of phenols is 1. The maximum atomic E-state index is 15.1. The zero-order valence-corrected chi connectivity index (χ0v) is 31.9. The molecule has 2 amide bonds. The van der Waals surface area contributed by atoms with Crippen LogP contribution in [0.4, 0.5) is 11.4 Å². The highest BCUT2D eigenvalue weighted by Gasteiger charge is 2.35. The number of phenolic OH excluding ortho intramolecular Hbond substituents is 1. The maximum absolute atomic E-state index is 15.1. The average molecular weight is 756 g/mol. The van der Waals surface area contributed by atoms with Crippen molar-refractivity contribution in [3.8, 4) is 17.0 Å². The Morgan fingerprint density at radius 3 is 2.38 bits per heavy atom. The van der Waals surface area contributed by atoms with Crippen LogP contribution in [0, 0.1) is 0 Å². The van der Waals surface area contributed by atoms with E-state index in [4.69, 9.17) is 4.74 Å².